The van der Waals surface area contributed by atoms with Crippen LogP contribution in [0.15, 0.2) is 29.3 Å². The lowest BCUT2D eigenvalue weighted by molar-refractivity contribution is -0.119. The summed E-state index contributed by atoms with van der Waals surface area (Å²) in [6.45, 7) is 11.3. The molecule has 0 bridgehead atoms. The Hall–Kier alpha value is -2.32. The Morgan fingerprint density at radius 1 is 1.33 bits per heavy atom. The van der Waals surface area contributed by atoms with Crippen LogP contribution in [-0.4, -0.2) is 68.3 Å². The molecule has 0 unspecified atom stereocenters. The predicted molar refractivity (Wildman–Crippen MR) is 120 cm³/mol. The molecule has 1 aliphatic heterocycles. The molecule has 1 aliphatic rings. The molecule has 1 aromatic carbocycles. The van der Waals surface area contributed by atoms with Gasteiger partial charge in [0, 0.05) is 32.2 Å². The molecule has 8 heteroatoms. The highest BCUT2D eigenvalue weighted by molar-refractivity contribution is 5.80. The van der Waals surface area contributed by atoms with Gasteiger partial charge in [0.05, 0.1) is 19.3 Å². The summed E-state index contributed by atoms with van der Waals surface area (Å²) in [5, 5.41) is 6.89. The zero-order chi connectivity index (χ0) is 21.8. The lowest BCUT2D eigenvalue weighted by Crippen LogP contribution is -2.49. The average molecular weight is 420 g/mol. The molecule has 0 atom stereocenters. The number of primary amides is 1. The number of guanidine groups is 1. The molecule has 1 saturated heterocycles. The third-order valence-electron chi connectivity index (χ3n) is 4.83. The minimum Gasteiger partial charge on any atom is -0.484 e. The molecule has 1 aromatic rings. The average Bonchev–Trinajstić information content (AvgIpc) is 2.72. The molecule has 1 amide bonds. The van der Waals surface area contributed by atoms with E-state index in [2.05, 4.69) is 36.3 Å². The van der Waals surface area contributed by atoms with Crippen molar-refractivity contribution in [2.45, 2.75) is 52.3 Å². The molecule has 1 heterocycles. The molecule has 30 heavy (non-hydrogen) atoms. The lowest BCUT2D eigenvalue weighted by Gasteiger charge is -2.33. The van der Waals surface area contributed by atoms with Crippen LogP contribution in [0.4, 0.5) is 0 Å². The minimum absolute atomic E-state index is 0.126. The van der Waals surface area contributed by atoms with Crippen molar-refractivity contribution >= 4 is 11.9 Å². The number of likely N-dealkylation sites (tertiary alicyclic amines) is 1. The summed E-state index contributed by atoms with van der Waals surface area (Å²) < 4.78 is 11.0. The van der Waals surface area contributed by atoms with Gasteiger partial charge in [0.15, 0.2) is 12.6 Å². The standard InChI is InChI=1S/C22H37N5O3/c1-4-24-22(25-15-18-6-5-7-20(14-18)30-16-21(23)28)26-19-8-10-27(11-9-19)12-13-29-17(2)3/h5-7,14,17,19H,4,8-13,15-16H2,1-3H3,(H2,23,28)(H2,24,25,26). The summed E-state index contributed by atoms with van der Waals surface area (Å²) in [5.41, 5.74) is 6.14. The molecular formula is C22H37N5O3. The van der Waals surface area contributed by atoms with Crippen molar-refractivity contribution in [2.75, 3.05) is 39.4 Å². The van der Waals surface area contributed by atoms with E-state index in [0.717, 1.165) is 57.2 Å². The van der Waals surface area contributed by atoms with Crippen LogP contribution in [0.3, 0.4) is 0 Å². The normalized spacial score (nSPS) is 15.9. The Labute approximate surface area is 180 Å². The van der Waals surface area contributed by atoms with E-state index in [9.17, 15) is 4.79 Å². The number of benzene rings is 1. The van der Waals surface area contributed by atoms with E-state index in [4.69, 9.17) is 20.2 Å². The summed E-state index contributed by atoms with van der Waals surface area (Å²) in [4.78, 5) is 18.1. The van der Waals surface area contributed by atoms with Crippen molar-refractivity contribution in [3.8, 4) is 5.75 Å². The van der Waals surface area contributed by atoms with Gasteiger partial charge in [-0.1, -0.05) is 12.1 Å². The fraction of sp³-hybridized carbons (Fsp3) is 0.636. The molecule has 2 rings (SSSR count). The lowest BCUT2D eigenvalue weighted by atomic mass is 10.1. The van der Waals surface area contributed by atoms with Gasteiger partial charge in [-0.25, -0.2) is 4.99 Å². The van der Waals surface area contributed by atoms with Crippen molar-refractivity contribution < 1.29 is 14.3 Å². The molecule has 0 aromatic heterocycles. The van der Waals surface area contributed by atoms with E-state index in [-0.39, 0.29) is 6.61 Å². The number of amides is 1. The molecule has 4 N–H and O–H groups in total. The van der Waals surface area contributed by atoms with Crippen molar-refractivity contribution in [3.63, 3.8) is 0 Å². The SMILES string of the molecule is CCNC(=NCc1cccc(OCC(N)=O)c1)NC1CCN(CCOC(C)C)CC1. The van der Waals surface area contributed by atoms with Crippen molar-refractivity contribution in [2.24, 2.45) is 10.7 Å². The maximum Gasteiger partial charge on any atom is 0.255 e. The van der Waals surface area contributed by atoms with E-state index < -0.39 is 5.91 Å². The Morgan fingerprint density at radius 3 is 2.77 bits per heavy atom. The van der Waals surface area contributed by atoms with Gasteiger partial charge >= 0.3 is 0 Å². The Balaban J connectivity index is 1.82. The van der Waals surface area contributed by atoms with Crippen LogP contribution in [0.1, 0.15) is 39.2 Å². The second-order valence-electron chi connectivity index (χ2n) is 7.78. The number of nitrogens with one attached hydrogen (secondary N) is 2. The maximum absolute atomic E-state index is 10.9. The number of ether oxygens (including phenoxy) is 2. The number of carbonyl (C=O) groups excluding carboxylic acids is 1. The monoisotopic (exact) mass is 419 g/mol. The first-order valence-corrected chi connectivity index (χ1v) is 10.8. The first-order chi connectivity index (χ1) is 14.5. The van der Waals surface area contributed by atoms with Gasteiger partial charge in [0.25, 0.3) is 5.91 Å². The predicted octanol–water partition coefficient (Wildman–Crippen LogP) is 1.50. The summed E-state index contributed by atoms with van der Waals surface area (Å²) in [6, 6.07) is 7.98. The Kier molecular flexibility index (Phi) is 10.4. The van der Waals surface area contributed by atoms with E-state index >= 15 is 0 Å². The topological polar surface area (TPSA) is 101 Å². The van der Waals surface area contributed by atoms with Gasteiger partial charge in [0.2, 0.25) is 0 Å². The van der Waals surface area contributed by atoms with Crippen LogP contribution >= 0.6 is 0 Å². The zero-order valence-electron chi connectivity index (χ0n) is 18.5. The number of carbonyl (C=O) groups is 1. The molecule has 0 saturated carbocycles. The van der Waals surface area contributed by atoms with Crippen LogP contribution in [0.25, 0.3) is 0 Å². The van der Waals surface area contributed by atoms with Gasteiger partial charge < -0.3 is 30.7 Å². The first-order valence-electron chi connectivity index (χ1n) is 10.8. The Morgan fingerprint density at radius 2 is 2.10 bits per heavy atom. The summed E-state index contributed by atoms with van der Waals surface area (Å²) >= 11 is 0. The van der Waals surface area contributed by atoms with Crippen LogP contribution in [0.2, 0.25) is 0 Å². The number of nitrogens with two attached hydrogens (primary N) is 1. The van der Waals surface area contributed by atoms with E-state index in [1.165, 1.54) is 0 Å². The fourth-order valence-electron chi connectivity index (χ4n) is 3.29. The van der Waals surface area contributed by atoms with Gasteiger partial charge in [-0.15, -0.1) is 0 Å². The second kappa shape index (κ2) is 13.1. The van der Waals surface area contributed by atoms with Gasteiger partial charge in [-0.05, 0) is 51.3 Å². The first kappa shape index (κ1) is 24.0. The molecule has 0 aliphatic carbocycles. The number of nitrogens with zero attached hydrogens (tertiary/aromatic N) is 2. The second-order valence-corrected chi connectivity index (χ2v) is 7.78. The van der Waals surface area contributed by atoms with Crippen molar-refractivity contribution in [1.29, 1.82) is 0 Å². The quantitative estimate of drug-likeness (QED) is 0.371. The van der Waals surface area contributed by atoms with Gasteiger partial charge in [-0.2, -0.15) is 0 Å². The number of aliphatic imine (C=N–C) groups is 1. The Bertz CT molecular complexity index is 672. The fourth-order valence-corrected chi connectivity index (χ4v) is 3.29. The highest BCUT2D eigenvalue weighted by Gasteiger charge is 2.19. The highest BCUT2D eigenvalue weighted by Crippen LogP contribution is 2.14. The number of piperidine rings is 1. The smallest absolute Gasteiger partial charge is 0.255 e. The molecule has 168 valence electrons. The van der Waals surface area contributed by atoms with Crippen LogP contribution in [-0.2, 0) is 16.1 Å². The molecule has 0 spiro atoms. The molecular weight excluding hydrogens is 382 g/mol. The molecule has 0 radical (unpaired) electrons. The number of rotatable bonds is 11. The molecule has 1 fully saturated rings. The molecule has 8 nitrogen and oxygen atoms in total. The number of hydrogen-bond acceptors (Lipinski definition) is 5. The van der Waals surface area contributed by atoms with E-state index in [1.807, 2.05) is 18.2 Å². The van der Waals surface area contributed by atoms with Gasteiger partial charge in [0.1, 0.15) is 5.75 Å². The summed E-state index contributed by atoms with van der Waals surface area (Å²) in [7, 11) is 0. The third kappa shape index (κ3) is 9.45. The highest BCUT2D eigenvalue weighted by atomic mass is 16.5. The summed E-state index contributed by atoms with van der Waals surface area (Å²) in [5.74, 6) is 0.950. The van der Waals surface area contributed by atoms with Crippen molar-refractivity contribution in [1.82, 2.24) is 15.5 Å². The number of hydrogen-bond donors (Lipinski definition) is 3. The van der Waals surface area contributed by atoms with E-state index in [0.29, 0.717) is 24.4 Å². The zero-order valence-corrected chi connectivity index (χ0v) is 18.5. The van der Waals surface area contributed by atoms with E-state index in [1.54, 1.807) is 6.07 Å². The summed E-state index contributed by atoms with van der Waals surface area (Å²) in [6.07, 6.45) is 2.46. The largest absolute Gasteiger partial charge is 0.484 e. The van der Waals surface area contributed by atoms with Crippen LogP contribution in [0.5, 0.6) is 5.75 Å². The van der Waals surface area contributed by atoms with Crippen LogP contribution in [0, 0.1) is 0 Å². The minimum atomic E-state index is -0.490. The third-order valence-corrected chi connectivity index (χ3v) is 4.83. The van der Waals surface area contributed by atoms with Crippen LogP contribution < -0.4 is 21.1 Å². The van der Waals surface area contributed by atoms with Gasteiger partial charge in [-0.3, -0.25) is 4.79 Å². The maximum atomic E-state index is 10.9. The van der Waals surface area contributed by atoms with Crippen molar-refractivity contribution in [3.05, 3.63) is 29.8 Å².